The van der Waals surface area contributed by atoms with Crippen LogP contribution in [0.5, 0.6) is 0 Å². The van der Waals surface area contributed by atoms with Gasteiger partial charge >= 0.3 is 5.97 Å². The Morgan fingerprint density at radius 3 is 2.83 bits per heavy atom. The van der Waals surface area contributed by atoms with E-state index in [-0.39, 0.29) is 29.0 Å². The van der Waals surface area contributed by atoms with Gasteiger partial charge < -0.3 is 9.47 Å². The number of nitrogens with zero attached hydrogens (tertiary/aromatic N) is 1. The van der Waals surface area contributed by atoms with Crippen LogP contribution in [0.3, 0.4) is 0 Å². The molecule has 1 N–H and O–H groups in total. The fourth-order valence-electron chi connectivity index (χ4n) is 3.17. The molecule has 0 fully saturated rings. The van der Waals surface area contributed by atoms with E-state index in [2.05, 4.69) is 9.71 Å². The van der Waals surface area contributed by atoms with E-state index in [0.717, 1.165) is 11.3 Å². The van der Waals surface area contributed by atoms with Crippen LogP contribution >= 0.6 is 11.6 Å². The molecule has 1 heterocycles. The smallest absolute Gasteiger partial charge is 0.338 e. The summed E-state index contributed by atoms with van der Waals surface area (Å²) in [6.45, 7) is 3.96. The van der Waals surface area contributed by atoms with Gasteiger partial charge in [0.2, 0.25) is 10.0 Å². The molecule has 1 aromatic carbocycles. The van der Waals surface area contributed by atoms with Crippen molar-refractivity contribution < 1.29 is 22.7 Å². The molecular formula is C20H23ClN2O5S. The molecule has 0 spiro atoms. The average molecular weight is 439 g/mol. The summed E-state index contributed by atoms with van der Waals surface area (Å²) in [5, 5.41) is 0.708. The molecular weight excluding hydrogens is 416 g/mol. The Bertz CT molecular complexity index is 1010. The van der Waals surface area contributed by atoms with Gasteiger partial charge in [-0.1, -0.05) is 31.5 Å². The summed E-state index contributed by atoms with van der Waals surface area (Å²) in [6.07, 6.45) is 4.44. The Hall–Kier alpha value is -2.16. The maximum Gasteiger partial charge on any atom is 0.338 e. The third kappa shape index (κ3) is 4.88. The number of carbonyl (C=O) groups is 1. The summed E-state index contributed by atoms with van der Waals surface area (Å²) in [7, 11) is -2.54. The maximum absolute atomic E-state index is 12.7. The molecule has 1 aromatic rings. The maximum atomic E-state index is 12.7. The fourth-order valence-corrected chi connectivity index (χ4v) is 4.44. The molecule has 1 atom stereocenters. The highest BCUT2D eigenvalue weighted by Crippen LogP contribution is 2.30. The molecule has 0 aromatic heterocycles. The fraction of sp³-hybridized carbons (Fsp3) is 0.400. The topological polar surface area (TPSA) is 94.1 Å². The predicted molar refractivity (Wildman–Crippen MR) is 111 cm³/mol. The molecule has 1 aliphatic heterocycles. The summed E-state index contributed by atoms with van der Waals surface area (Å²) in [6, 6.07) is 4.34. The van der Waals surface area contributed by atoms with E-state index in [0.29, 0.717) is 23.8 Å². The molecule has 1 aliphatic carbocycles. The van der Waals surface area contributed by atoms with E-state index in [1.165, 1.54) is 19.2 Å². The lowest BCUT2D eigenvalue weighted by atomic mass is 9.97. The van der Waals surface area contributed by atoms with Crippen LogP contribution in [0.4, 0.5) is 0 Å². The van der Waals surface area contributed by atoms with Crippen LogP contribution in [0.15, 0.2) is 51.0 Å². The zero-order chi connectivity index (χ0) is 21.2. The first-order chi connectivity index (χ1) is 13.7. The average Bonchev–Trinajstić information content (AvgIpc) is 3.08. The molecule has 0 radical (unpaired) electrons. The highest BCUT2D eigenvalue weighted by Gasteiger charge is 2.28. The summed E-state index contributed by atoms with van der Waals surface area (Å²) in [5.74, 6) is 0.670. The van der Waals surface area contributed by atoms with Gasteiger partial charge in [-0.25, -0.2) is 22.9 Å². The van der Waals surface area contributed by atoms with Gasteiger partial charge in [0.05, 0.1) is 17.6 Å². The number of hydrogen-bond acceptors (Lipinski definition) is 6. The molecule has 156 valence electrons. The summed E-state index contributed by atoms with van der Waals surface area (Å²) >= 11 is 6.01. The second-order valence-corrected chi connectivity index (χ2v) is 9.32. The lowest BCUT2D eigenvalue weighted by Crippen LogP contribution is -2.26. The zero-order valence-corrected chi connectivity index (χ0v) is 18.0. The van der Waals surface area contributed by atoms with Crippen LogP contribution in [0.2, 0.25) is 0 Å². The van der Waals surface area contributed by atoms with Crippen LogP contribution in [0.25, 0.3) is 0 Å². The number of hydrogen-bond donors (Lipinski definition) is 1. The molecule has 1 unspecified atom stereocenters. The number of methoxy groups -OCH3 is 1. The number of sulfonamides is 1. The molecule has 0 bridgehead atoms. The van der Waals surface area contributed by atoms with Crippen molar-refractivity contribution in [3.8, 4) is 0 Å². The van der Waals surface area contributed by atoms with E-state index >= 15 is 0 Å². The first-order valence-electron chi connectivity index (χ1n) is 9.24. The minimum Gasteiger partial charge on any atom is -0.465 e. The third-order valence-corrected chi connectivity index (χ3v) is 6.41. The molecule has 0 saturated heterocycles. The Balaban J connectivity index is 1.67. The first kappa shape index (κ1) is 21.5. The standard InChI is InChI=1S/C20H23ClN2O5S/c1-12(2)15-6-5-14(11-16(15)20(24)27-3)29(25,26)22-9-8-19-23-17-10-13(21)4-7-18(17)28-19/h4-7,11-12,17,22H,8-10H2,1-3H3. The molecule has 0 saturated carbocycles. The van der Waals surface area contributed by atoms with Crippen molar-refractivity contribution >= 4 is 33.5 Å². The largest absolute Gasteiger partial charge is 0.465 e. The van der Waals surface area contributed by atoms with Crippen molar-refractivity contribution in [2.75, 3.05) is 13.7 Å². The SMILES string of the molecule is COC(=O)c1cc(S(=O)(=O)NCCC2=NC3CC(Cl)=CC=C3O2)ccc1C(C)C. The second kappa shape index (κ2) is 8.69. The molecule has 3 rings (SSSR count). The minimum absolute atomic E-state index is 0.00365. The Morgan fingerprint density at radius 1 is 1.38 bits per heavy atom. The number of allylic oxidation sites excluding steroid dienone is 2. The van der Waals surface area contributed by atoms with Gasteiger partial charge in [-0.15, -0.1) is 0 Å². The van der Waals surface area contributed by atoms with Gasteiger partial charge in [0.15, 0.2) is 5.90 Å². The number of fused-ring (bicyclic) bond motifs is 1. The number of rotatable bonds is 7. The van der Waals surface area contributed by atoms with Crippen molar-refractivity contribution in [2.24, 2.45) is 4.99 Å². The quantitative estimate of drug-likeness (QED) is 0.658. The molecule has 2 aliphatic rings. The predicted octanol–water partition coefficient (Wildman–Crippen LogP) is 3.47. The molecule has 29 heavy (non-hydrogen) atoms. The lowest BCUT2D eigenvalue weighted by molar-refractivity contribution is 0.0598. The zero-order valence-electron chi connectivity index (χ0n) is 16.4. The van der Waals surface area contributed by atoms with Crippen LogP contribution < -0.4 is 4.72 Å². The van der Waals surface area contributed by atoms with Gasteiger partial charge in [-0.2, -0.15) is 0 Å². The summed E-state index contributed by atoms with van der Waals surface area (Å²) in [4.78, 5) is 16.5. The van der Waals surface area contributed by atoms with Gasteiger partial charge in [0.1, 0.15) is 11.8 Å². The Morgan fingerprint density at radius 2 is 2.14 bits per heavy atom. The van der Waals surface area contributed by atoms with Crippen molar-refractivity contribution in [2.45, 2.75) is 43.5 Å². The van der Waals surface area contributed by atoms with Crippen molar-refractivity contribution in [1.29, 1.82) is 0 Å². The van der Waals surface area contributed by atoms with E-state index in [9.17, 15) is 13.2 Å². The monoisotopic (exact) mass is 438 g/mol. The van der Waals surface area contributed by atoms with Crippen LogP contribution in [-0.2, 0) is 19.5 Å². The van der Waals surface area contributed by atoms with Crippen LogP contribution in [0, 0.1) is 0 Å². The third-order valence-electron chi connectivity index (χ3n) is 4.67. The number of benzene rings is 1. The number of aliphatic imine (C=N–C) groups is 1. The number of esters is 1. The highest BCUT2D eigenvalue weighted by atomic mass is 35.5. The second-order valence-electron chi connectivity index (χ2n) is 7.07. The van der Waals surface area contributed by atoms with Gasteiger partial charge in [0, 0.05) is 24.4 Å². The van der Waals surface area contributed by atoms with Gasteiger partial charge in [0.25, 0.3) is 0 Å². The number of nitrogens with one attached hydrogen (secondary N) is 1. The Labute approximate surface area is 175 Å². The van der Waals surface area contributed by atoms with Gasteiger partial charge in [-0.3, -0.25) is 0 Å². The number of ether oxygens (including phenoxy) is 2. The van der Waals surface area contributed by atoms with Crippen LogP contribution in [-0.4, -0.2) is 40.0 Å². The van der Waals surface area contributed by atoms with Crippen molar-refractivity contribution in [1.82, 2.24) is 4.72 Å². The van der Waals surface area contributed by atoms with E-state index in [1.807, 2.05) is 13.8 Å². The normalized spacial score (nSPS) is 18.5. The minimum atomic E-state index is -3.81. The molecule has 0 amide bonds. The van der Waals surface area contributed by atoms with Gasteiger partial charge in [-0.05, 0) is 35.8 Å². The van der Waals surface area contributed by atoms with Crippen molar-refractivity contribution in [3.05, 3.63) is 52.3 Å². The van der Waals surface area contributed by atoms with Crippen molar-refractivity contribution in [3.63, 3.8) is 0 Å². The van der Waals surface area contributed by atoms with E-state index < -0.39 is 16.0 Å². The first-order valence-corrected chi connectivity index (χ1v) is 11.1. The van der Waals surface area contributed by atoms with Crippen LogP contribution in [0.1, 0.15) is 48.5 Å². The van der Waals surface area contributed by atoms with E-state index in [4.69, 9.17) is 21.1 Å². The molecule has 9 heteroatoms. The lowest BCUT2D eigenvalue weighted by Gasteiger charge is -2.14. The summed E-state index contributed by atoms with van der Waals surface area (Å²) < 4.78 is 38.3. The summed E-state index contributed by atoms with van der Waals surface area (Å²) in [5.41, 5.74) is 0.974. The number of carbonyl (C=O) groups excluding carboxylic acids is 1. The Kier molecular flexibility index (Phi) is 6.45. The number of halogens is 1. The molecule has 7 nitrogen and oxygen atoms in total. The van der Waals surface area contributed by atoms with E-state index in [1.54, 1.807) is 18.2 Å². The highest BCUT2D eigenvalue weighted by molar-refractivity contribution is 7.89.